The smallest absolute Gasteiger partial charge is 0.389 e. The van der Waals surface area contributed by atoms with Crippen molar-refractivity contribution in [3.63, 3.8) is 0 Å². The number of hydrogen-bond acceptors (Lipinski definition) is 1. The maximum Gasteiger partial charge on any atom is 0.389 e. The predicted molar refractivity (Wildman–Crippen MR) is 41.2 cm³/mol. The molecule has 0 radical (unpaired) electrons. The molecule has 0 fully saturated rings. The fourth-order valence-corrected chi connectivity index (χ4v) is 0.942. The molecule has 0 aliphatic heterocycles. The maximum atomic E-state index is 11.6. The summed E-state index contributed by atoms with van der Waals surface area (Å²) in [6, 6.07) is 0. The average molecular weight is 205 g/mol. The molecule has 0 aromatic carbocycles. The van der Waals surface area contributed by atoms with Crippen molar-refractivity contribution < 1.29 is 18.3 Å². The van der Waals surface area contributed by atoms with E-state index in [4.69, 9.17) is 16.7 Å². The normalized spacial score (nSPS) is 14.8. The van der Waals surface area contributed by atoms with E-state index in [0.29, 0.717) is 18.7 Å². The highest BCUT2D eigenvalue weighted by atomic mass is 35.5. The SMILES string of the molecule is OC(CCCCl)CCC(F)(F)F. The molecule has 0 saturated heterocycles. The van der Waals surface area contributed by atoms with E-state index in [1.807, 2.05) is 0 Å². The summed E-state index contributed by atoms with van der Waals surface area (Å²) in [6.07, 6.45) is -5.27. The molecule has 0 heterocycles. The lowest BCUT2D eigenvalue weighted by atomic mass is 10.1. The van der Waals surface area contributed by atoms with Crippen LogP contribution < -0.4 is 0 Å². The minimum atomic E-state index is -4.16. The van der Waals surface area contributed by atoms with E-state index in [9.17, 15) is 13.2 Å². The fraction of sp³-hybridized carbons (Fsp3) is 1.00. The van der Waals surface area contributed by atoms with Crippen LogP contribution in [0.2, 0.25) is 0 Å². The highest BCUT2D eigenvalue weighted by molar-refractivity contribution is 6.17. The van der Waals surface area contributed by atoms with Crippen LogP contribution >= 0.6 is 11.6 Å². The van der Waals surface area contributed by atoms with Gasteiger partial charge in [-0.1, -0.05) is 0 Å². The highest BCUT2D eigenvalue weighted by Crippen LogP contribution is 2.23. The van der Waals surface area contributed by atoms with E-state index >= 15 is 0 Å². The van der Waals surface area contributed by atoms with Crippen LogP contribution in [0.5, 0.6) is 0 Å². The lowest BCUT2D eigenvalue weighted by Gasteiger charge is -2.10. The molecule has 1 unspecified atom stereocenters. The Hall–Kier alpha value is 0.0400. The molecule has 74 valence electrons. The van der Waals surface area contributed by atoms with Crippen molar-refractivity contribution in [3.8, 4) is 0 Å². The molecule has 0 aromatic rings. The van der Waals surface area contributed by atoms with Crippen molar-refractivity contribution in [1.82, 2.24) is 0 Å². The van der Waals surface area contributed by atoms with Crippen molar-refractivity contribution in [2.75, 3.05) is 5.88 Å². The molecule has 0 spiro atoms. The molecule has 1 N–H and O–H groups in total. The monoisotopic (exact) mass is 204 g/mol. The quantitative estimate of drug-likeness (QED) is 0.683. The minimum absolute atomic E-state index is 0.222. The summed E-state index contributed by atoms with van der Waals surface area (Å²) in [4.78, 5) is 0. The third-order valence-electron chi connectivity index (χ3n) is 1.43. The van der Waals surface area contributed by atoms with Crippen LogP contribution in [0.15, 0.2) is 0 Å². The lowest BCUT2D eigenvalue weighted by Crippen LogP contribution is -2.14. The molecule has 12 heavy (non-hydrogen) atoms. The summed E-state index contributed by atoms with van der Waals surface area (Å²) in [6.45, 7) is 0. The van der Waals surface area contributed by atoms with Crippen LogP contribution in [-0.2, 0) is 0 Å². The first kappa shape index (κ1) is 12.0. The van der Waals surface area contributed by atoms with Crippen molar-refractivity contribution in [1.29, 1.82) is 0 Å². The van der Waals surface area contributed by atoms with E-state index in [1.165, 1.54) is 0 Å². The van der Waals surface area contributed by atoms with Crippen LogP contribution in [0, 0.1) is 0 Å². The van der Waals surface area contributed by atoms with Gasteiger partial charge in [0.05, 0.1) is 6.10 Å². The second-order valence-electron chi connectivity index (χ2n) is 2.64. The van der Waals surface area contributed by atoms with Gasteiger partial charge in [0, 0.05) is 12.3 Å². The molecule has 0 rings (SSSR count). The number of alkyl halides is 4. The van der Waals surface area contributed by atoms with Gasteiger partial charge in [0.25, 0.3) is 0 Å². The highest BCUT2D eigenvalue weighted by Gasteiger charge is 2.27. The molecular formula is C7H12ClF3O. The third kappa shape index (κ3) is 8.14. The second-order valence-corrected chi connectivity index (χ2v) is 3.02. The van der Waals surface area contributed by atoms with Crippen LogP contribution in [0.25, 0.3) is 0 Å². The van der Waals surface area contributed by atoms with Crippen molar-refractivity contribution in [2.24, 2.45) is 0 Å². The summed E-state index contributed by atoms with van der Waals surface area (Å²) >= 11 is 5.30. The Labute approximate surface area is 74.5 Å². The van der Waals surface area contributed by atoms with Gasteiger partial charge in [0.2, 0.25) is 0 Å². The zero-order valence-electron chi connectivity index (χ0n) is 6.57. The minimum Gasteiger partial charge on any atom is -0.393 e. The van der Waals surface area contributed by atoms with Crippen molar-refractivity contribution >= 4 is 11.6 Å². The molecule has 1 nitrogen and oxygen atoms in total. The van der Waals surface area contributed by atoms with Gasteiger partial charge in [0.15, 0.2) is 0 Å². The predicted octanol–water partition coefficient (Wildman–Crippen LogP) is 2.71. The average Bonchev–Trinajstić information content (AvgIpc) is 1.95. The number of hydrogen-bond donors (Lipinski definition) is 1. The molecule has 0 saturated carbocycles. The summed E-state index contributed by atoms with van der Waals surface area (Å²) in [5.74, 6) is 0.378. The van der Waals surface area contributed by atoms with E-state index in [1.54, 1.807) is 0 Å². The first-order valence-electron chi connectivity index (χ1n) is 3.76. The molecule has 1 atom stereocenters. The molecule has 0 aliphatic rings. The van der Waals surface area contributed by atoms with Crippen molar-refractivity contribution in [2.45, 2.75) is 38.0 Å². The Morgan fingerprint density at radius 2 is 1.83 bits per heavy atom. The van der Waals surface area contributed by atoms with Gasteiger partial charge in [-0.3, -0.25) is 0 Å². The summed E-state index contributed by atoms with van der Waals surface area (Å²) < 4.78 is 34.8. The van der Waals surface area contributed by atoms with Crippen LogP contribution in [0.1, 0.15) is 25.7 Å². The molecular weight excluding hydrogens is 193 g/mol. The van der Waals surface area contributed by atoms with Crippen LogP contribution in [-0.4, -0.2) is 23.3 Å². The largest absolute Gasteiger partial charge is 0.393 e. The summed E-state index contributed by atoms with van der Waals surface area (Å²) in [5, 5.41) is 8.98. The summed E-state index contributed by atoms with van der Waals surface area (Å²) in [7, 11) is 0. The zero-order valence-corrected chi connectivity index (χ0v) is 7.33. The molecule has 0 aromatic heterocycles. The number of aliphatic hydroxyl groups excluding tert-OH is 1. The zero-order chi connectivity index (χ0) is 9.61. The van der Waals surface area contributed by atoms with E-state index < -0.39 is 18.7 Å². The van der Waals surface area contributed by atoms with Gasteiger partial charge >= 0.3 is 6.18 Å². The first-order valence-corrected chi connectivity index (χ1v) is 4.30. The van der Waals surface area contributed by atoms with E-state index in [2.05, 4.69) is 0 Å². The van der Waals surface area contributed by atoms with Crippen molar-refractivity contribution in [3.05, 3.63) is 0 Å². The van der Waals surface area contributed by atoms with Gasteiger partial charge in [-0.2, -0.15) is 13.2 Å². The van der Waals surface area contributed by atoms with E-state index in [-0.39, 0.29) is 6.42 Å². The lowest BCUT2D eigenvalue weighted by molar-refractivity contribution is -0.140. The number of aliphatic hydroxyl groups is 1. The third-order valence-corrected chi connectivity index (χ3v) is 1.70. The van der Waals surface area contributed by atoms with Gasteiger partial charge in [-0.15, -0.1) is 11.6 Å². The Morgan fingerprint density at radius 3 is 2.25 bits per heavy atom. The number of halogens is 4. The Balaban J connectivity index is 3.37. The first-order chi connectivity index (χ1) is 5.45. The topological polar surface area (TPSA) is 20.2 Å². The van der Waals surface area contributed by atoms with Gasteiger partial charge < -0.3 is 5.11 Å². The molecule has 0 bridgehead atoms. The van der Waals surface area contributed by atoms with Gasteiger partial charge in [-0.05, 0) is 19.3 Å². The van der Waals surface area contributed by atoms with Crippen LogP contribution in [0.4, 0.5) is 13.2 Å². The van der Waals surface area contributed by atoms with Crippen LogP contribution in [0.3, 0.4) is 0 Å². The van der Waals surface area contributed by atoms with Gasteiger partial charge in [-0.25, -0.2) is 0 Å². The molecule has 5 heteroatoms. The van der Waals surface area contributed by atoms with E-state index in [0.717, 1.165) is 0 Å². The fourth-order valence-electron chi connectivity index (χ4n) is 0.787. The Kier molecular flexibility index (Phi) is 5.66. The van der Waals surface area contributed by atoms with Gasteiger partial charge in [0.1, 0.15) is 0 Å². The second kappa shape index (κ2) is 5.65. The molecule has 0 aliphatic carbocycles. The summed E-state index contributed by atoms with van der Waals surface area (Å²) in [5.41, 5.74) is 0. The maximum absolute atomic E-state index is 11.6. The standard InChI is InChI=1S/C7H12ClF3O/c8-5-1-2-6(12)3-4-7(9,10)11/h6,12H,1-5H2. The Bertz CT molecular complexity index is 116. The number of rotatable bonds is 5. The Morgan fingerprint density at radius 1 is 1.25 bits per heavy atom. The molecule has 0 amide bonds.